The number of allylic oxidation sites excluding steroid dienone is 2. The van der Waals surface area contributed by atoms with Gasteiger partial charge in [0, 0.05) is 24.9 Å². The molecule has 0 saturated heterocycles. The number of rotatable bonds is 5. The summed E-state index contributed by atoms with van der Waals surface area (Å²) in [7, 11) is 0. The fourth-order valence-electron chi connectivity index (χ4n) is 10.9. The lowest BCUT2D eigenvalue weighted by Gasteiger charge is -2.67. The van der Waals surface area contributed by atoms with E-state index in [9.17, 15) is 19.5 Å². The molecule has 0 spiro atoms. The minimum Gasteiger partial charge on any atom is -0.444 e. The molecule has 5 rings (SSSR count). The van der Waals surface area contributed by atoms with E-state index in [1.807, 2.05) is 20.8 Å². The fourth-order valence-corrected chi connectivity index (χ4v) is 10.9. The van der Waals surface area contributed by atoms with Crippen LogP contribution < -0.4 is 10.6 Å². The van der Waals surface area contributed by atoms with Crippen LogP contribution in [0.5, 0.6) is 0 Å². The molecule has 7 heteroatoms. The van der Waals surface area contributed by atoms with Gasteiger partial charge >= 0.3 is 6.09 Å². The molecule has 43 heavy (non-hydrogen) atoms. The van der Waals surface area contributed by atoms with E-state index < -0.39 is 11.7 Å². The lowest BCUT2D eigenvalue weighted by Crippen LogP contribution is -2.63. The Labute approximate surface area is 259 Å². The van der Waals surface area contributed by atoms with Gasteiger partial charge in [-0.15, -0.1) is 0 Å². The average Bonchev–Trinajstić information content (AvgIpc) is 2.89. The van der Waals surface area contributed by atoms with Gasteiger partial charge in [0.25, 0.3) is 0 Å². The maximum atomic E-state index is 14.3. The first-order valence-electron chi connectivity index (χ1n) is 17.1. The van der Waals surface area contributed by atoms with Crippen LogP contribution in [-0.2, 0) is 14.3 Å². The number of alkyl carbamates (subject to hydrolysis) is 1. The highest BCUT2D eigenvalue weighted by Gasteiger charge is 2.66. The first-order valence-corrected chi connectivity index (χ1v) is 17.1. The Morgan fingerprint density at radius 1 is 0.907 bits per heavy atom. The van der Waals surface area contributed by atoms with Gasteiger partial charge in [-0.3, -0.25) is 9.59 Å². The largest absolute Gasteiger partial charge is 0.444 e. The minimum absolute atomic E-state index is 0.000562. The van der Waals surface area contributed by atoms with E-state index in [0.29, 0.717) is 37.1 Å². The zero-order chi connectivity index (χ0) is 31.6. The summed E-state index contributed by atoms with van der Waals surface area (Å²) in [5.41, 5.74) is 0.604. The van der Waals surface area contributed by atoms with Gasteiger partial charge in [0.1, 0.15) is 5.60 Å². The van der Waals surface area contributed by atoms with Crippen LogP contribution in [0.3, 0.4) is 0 Å². The zero-order valence-corrected chi connectivity index (χ0v) is 28.1. The van der Waals surface area contributed by atoms with Gasteiger partial charge in [-0.2, -0.15) is 0 Å². The Hall–Kier alpha value is -1.89. The highest BCUT2D eigenvalue weighted by atomic mass is 16.6. The number of ketones is 1. The van der Waals surface area contributed by atoms with E-state index in [2.05, 4.69) is 51.3 Å². The Morgan fingerprint density at radius 3 is 2.26 bits per heavy atom. The maximum absolute atomic E-state index is 14.3. The lowest BCUT2D eigenvalue weighted by atomic mass is 9.37. The van der Waals surface area contributed by atoms with Crippen LogP contribution in [0.4, 0.5) is 4.79 Å². The molecule has 0 aromatic carbocycles. The highest BCUT2D eigenvalue weighted by molar-refractivity contribution is 5.95. The van der Waals surface area contributed by atoms with Gasteiger partial charge in [0.15, 0.2) is 5.78 Å². The number of fused-ring (bicyclic) bond motifs is 7. The van der Waals surface area contributed by atoms with Crippen LogP contribution in [0, 0.1) is 51.2 Å². The van der Waals surface area contributed by atoms with Gasteiger partial charge in [-0.25, -0.2) is 4.79 Å². The van der Waals surface area contributed by atoms with Crippen LogP contribution in [0.15, 0.2) is 11.6 Å². The molecular weight excluding hydrogens is 540 g/mol. The van der Waals surface area contributed by atoms with Gasteiger partial charge in [0.05, 0.1) is 6.10 Å². The molecule has 5 aliphatic rings. The van der Waals surface area contributed by atoms with E-state index >= 15 is 0 Å². The van der Waals surface area contributed by atoms with Crippen molar-refractivity contribution in [1.29, 1.82) is 0 Å². The first kappa shape index (κ1) is 32.5. The smallest absolute Gasteiger partial charge is 0.407 e. The lowest BCUT2D eigenvalue weighted by molar-refractivity contribution is -0.188. The molecule has 0 radical (unpaired) electrons. The topological polar surface area (TPSA) is 105 Å². The second-order valence-corrected chi connectivity index (χ2v) is 17.3. The maximum Gasteiger partial charge on any atom is 0.407 e. The third kappa shape index (κ3) is 5.70. The highest BCUT2D eigenvalue weighted by Crippen LogP contribution is 2.70. The normalized spacial score (nSPS) is 41.9. The van der Waals surface area contributed by atoms with Crippen LogP contribution in [-0.4, -0.2) is 47.7 Å². The quantitative estimate of drug-likeness (QED) is 0.310. The molecule has 5 aliphatic carbocycles. The van der Waals surface area contributed by atoms with E-state index in [1.165, 1.54) is 5.57 Å². The fraction of sp³-hybridized carbons (Fsp3) is 0.861. The van der Waals surface area contributed by atoms with Crippen LogP contribution >= 0.6 is 0 Å². The van der Waals surface area contributed by atoms with Gasteiger partial charge in [-0.1, -0.05) is 40.2 Å². The second-order valence-electron chi connectivity index (χ2n) is 17.3. The van der Waals surface area contributed by atoms with Crippen molar-refractivity contribution in [1.82, 2.24) is 10.6 Å². The van der Waals surface area contributed by atoms with Gasteiger partial charge in [-0.05, 0) is 130 Å². The molecule has 0 heterocycles. The second kappa shape index (κ2) is 11.2. The van der Waals surface area contributed by atoms with Crippen molar-refractivity contribution in [2.45, 2.75) is 131 Å². The van der Waals surface area contributed by atoms with E-state index in [1.54, 1.807) is 0 Å². The number of carbonyl (C=O) groups excluding carboxylic acids is 3. The van der Waals surface area contributed by atoms with Crippen LogP contribution in [0.2, 0.25) is 0 Å². The molecule has 2 amide bonds. The number of aliphatic hydroxyl groups excluding tert-OH is 1. The van der Waals surface area contributed by atoms with Crippen molar-refractivity contribution in [3.8, 4) is 0 Å². The zero-order valence-electron chi connectivity index (χ0n) is 28.1. The third-order valence-electron chi connectivity index (χ3n) is 13.1. The van der Waals surface area contributed by atoms with Crippen molar-refractivity contribution >= 4 is 17.8 Å². The van der Waals surface area contributed by atoms with Crippen LogP contribution in [0.25, 0.3) is 0 Å². The average molecular weight is 599 g/mol. The van der Waals surface area contributed by atoms with Crippen molar-refractivity contribution in [3.05, 3.63) is 11.6 Å². The Bertz CT molecular complexity index is 1150. The third-order valence-corrected chi connectivity index (χ3v) is 13.1. The summed E-state index contributed by atoms with van der Waals surface area (Å²) in [6.07, 6.45) is 10.8. The number of nitrogens with one attached hydrogen (secondary N) is 2. The first-order chi connectivity index (χ1) is 19.9. The Kier molecular flexibility index (Phi) is 8.44. The van der Waals surface area contributed by atoms with Crippen molar-refractivity contribution in [2.75, 3.05) is 13.1 Å². The van der Waals surface area contributed by atoms with E-state index in [4.69, 9.17) is 4.74 Å². The summed E-state index contributed by atoms with van der Waals surface area (Å²) in [6, 6.07) is 0. The molecule has 4 saturated carbocycles. The molecule has 0 bridgehead atoms. The predicted octanol–water partition coefficient (Wildman–Crippen LogP) is 6.58. The minimum atomic E-state index is -0.531. The molecule has 9 atom stereocenters. The number of ether oxygens (including phenoxy) is 1. The number of carbonyl (C=O) groups is 3. The summed E-state index contributed by atoms with van der Waals surface area (Å²) >= 11 is 0. The van der Waals surface area contributed by atoms with Gasteiger partial charge < -0.3 is 20.5 Å². The molecule has 7 nitrogen and oxygen atoms in total. The number of aliphatic hydroxyl groups is 1. The molecular formula is C36H58N2O5. The summed E-state index contributed by atoms with van der Waals surface area (Å²) < 4.78 is 5.28. The number of hydrogen-bond acceptors (Lipinski definition) is 5. The number of amides is 2. The molecule has 242 valence electrons. The summed E-state index contributed by atoms with van der Waals surface area (Å²) in [5.74, 6) is 1.36. The molecule has 0 aromatic heterocycles. The monoisotopic (exact) mass is 598 g/mol. The molecule has 4 fully saturated rings. The van der Waals surface area contributed by atoms with Crippen molar-refractivity contribution < 1.29 is 24.2 Å². The van der Waals surface area contributed by atoms with Crippen molar-refractivity contribution in [2.24, 2.45) is 51.2 Å². The number of hydrogen-bond donors (Lipinski definition) is 3. The summed E-state index contributed by atoms with van der Waals surface area (Å²) in [6.45, 7) is 18.1. The van der Waals surface area contributed by atoms with Crippen LogP contribution in [0.1, 0.15) is 120 Å². The Balaban J connectivity index is 1.27. The molecule has 0 aliphatic heterocycles. The summed E-state index contributed by atoms with van der Waals surface area (Å²) in [4.78, 5) is 39.5. The van der Waals surface area contributed by atoms with Gasteiger partial charge in [0.2, 0.25) is 5.91 Å². The predicted molar refractivity (Wildman–Crippen MR) is 168 cm³/mol. The molecule has 9 unspecified atom stereocenters. The Morgan fingerprint density at radius 2 is 1.56 bits per heavy atom. The summed E-state index contributed by atoms with van der Waals surface area (Å²) in [5, 5.41) is 16.8. The van der Waals surface area contributed by atoms with E-state index in [-0.39, 0.29) is 51.4 Å². The SMILES string of the molecule is CC(C)(C)OC(=O)NCCCNC(=O)C1CCC2(C)CCC3C(=CC(=O)C4C3(C)CCC3C(C)(C)C(O)CCC34C)C2C1. The van der Waals surface area contributed by atoms with E-state index in [0.717, 1.165) is 57.8 Å². The standard InChI is InChI=1S/C36H58N2O5/c1-32(2,3)43-31(42)38-19-9-18-37-30(41)22-10-14-34(6)15-11-24-23(25(34)20-22)21-26(39)29-35(24,7)16-12-27-33(4,5)28(40)13-17-36(27,29)8/h21-22,24-25,27-29,40H,9-20H2,1-8H3,(H,37,41)(H,38,42). The molecule has 3 N–H and O–H groups in total. The van der Waals surface area contributed by atoms with Crippen molar-refractivity contribution in [3.63, 3.8) is 0 Å². The molecule has 0 aromatic rings.